The number of hydrogen-bond donors (Lipinski definition) is 2. The van der Waals surface area contributed by atoms with Crippen molar-refractivity contribution < 1.29 is 13.9 Å². The molecule has 1 fully saturated rings. The van der Waals surface area contributed by atoms with E-state index in [-0.39, 0.29) is 18.5 Å². The number of esters is 1. The second-order valence-electron chi connectivity index (χ2n) is 6.37. The van der Waals surface area contributed by atoms with E-state index in [9.17, 15) is 9.18 Å². The van der Waals surface area contributed by atoms with Crippen molar-refractivity contribution in [2.75, 3.05) is 25.0 Å². The maximum Gasteiger partial charge on any atom is 0.340 e. The minimum Gasteiger partial charge on any atom is -0.462 e. The van der Waals surface area contributed by atoms with E-state index in [0.717, 1.165) is 25.0 Å². The molecular formula is C19H20FN5O2. The number of nitrogens with one attached hydrogen (secondary N) is 2. The van der Waals surface area contributed by atoms with Crippen LogP contribution in [0.5, 0.6) is 0 Å². The summed E-state index contributed by atoms with van der Waals surface area (Å²) in [5, 5.41) is 11.8. The molecule has 4 rings (SSSR count). The van der Waals surface area contributed by atoms with E-state index in [1.807, 2.05) is 4.68 Å². The van der Waals surface area contributed by atoms with Crippen LogP contribution in [-0.2, 0) is 4.74 Å². The van der Waals surface area contributed by atoms with Crippen LogP contribution in [0, 0.1) is 5.82 Å². The summed E-state index contributed by atoms with van der Waals surface area (Å²) in [5.41, 5.74) is 1.67. The second kappa shape index (κ2) is 7.32. The van der Waals surface area contributed by atoms with Crippen molar-refractivity contribution in [3.63, 3.8) is 0 Å². The number of hydrogen-bond acceptors (Lipinski definition) is 6. The Morgan fingerprint density at radius 3 is 3.11 bits per heavy atom. The SMILES string of the molecule is CCOC(=O)c1ccncc1Nc1nn([C@H]2CCNC2)c2ccc(F)cc12. The van der Waals surface area contributed by atoms with Gasteiger partial charge in [0.2, 0.25) is 0 Å². The fraction of sp³-hybridized carbons (Fsp3) is 0.316. The van der Waals surface area contributed by atoms with Crippen molar-refractivity contribution in [1.29, 1.82) is 0 Å². The van der Waals surface area contributed by atoms with Gasteiger partial charge in [-0.1, -0.05) is 0 Å². The van der Waals surface area contributed by atoms with Gasteiger partial charge in [-0.15, -0.1) is 0 Å². The zero-order chi connectivity index (χ0) is 18.8. The van der Waals surface area contributed by atoms with Gasteiger partial charge >= 0.3 is 5.97 Å². The number of aromatic nitrogens is 3. The van der Waals surface area contributed by atoms with Crippen molar-refractivity contribution in [3.8, 4) is 0 Å². The first kappa shape index (κ1) is 17.4. The van der Waals surface area contributed by atoms with Gasteiger partial charge in [0, 0.05) is 18.1 Å². The van der Waals surface area contributed by atoms with Crippen LogP contribution in [0.3, 0.4) is 0 Å². The lowest BCUT2D eigenvalue weighted by Crippen LogP contribution is -2.14. The lowest BCUT2D eigenvalue weighted by molar-refractivity contribution is 0.0527. The summed E-state index contributed by atoms with van der Waals surface area (Å²) in [4.78, 5) is 16.3. The van der Waals surface area contributed by atoms with E-state index in [1.165, 1.54) is 24.5 Å². The average Bonchev–Trinajstić information content (AvgIpc) is 3.31. The molecule has 0 aliphatic carbocycles. The smallest absolute Gasteiger partial charge is 0.340 e. The summed E-state index contributed by atoms with van der Waals surface area (Å²) < 4.78 is 20.9. The Kier molecular flexibility index (Phi) is 4.72. The van der Waals surface area contributed by atoms with Gasteiger partial charge in [0.1, 0.15) is 5.82 Å². The zero-order valence-electron chi connectivity index (χ0n) is 14.9. The quantitative estimate of drug-likeness (QED) is 0.673. The van der Waals surface area contributed by atoms with Crippen molar-refractivity contribution in [2.24, 2.45) is 0 Å². The normalized spacial score (nSPS) is 16.6. The Balaban J connectivity index is 1.77. The first-order valence-electron chi connectivity index (χ1n) is 8.94. The van der Waals surface area contributed by atoms with Crippen LogP contribution >= 0.6 is 0 Å². The van der Waals surface area contributed by atoms with Crippen molar-refractivity contribution in [2.45, 2.75) is 19.4 Å². The number of rotatable bonds is 5. The van der Waals surface area contributed by atoms with Crippen LogP contribution in [0.4, 0.5) is 15.9 Å². The Morgan fingerprint density at radius 2 is 2.33 bits per heavy atom. The molecule has 1 aliphatic rings. The third-order valence-corrected chi connectivity index (χ3v) is 4.62. The number of carbonyl (C=O) groups is 1. The second-order valence-corrected chi connectivity index (χ2v) is 6.37. The minimum atomic E-state index is -0.447. The van der Waals surface area contributed by atoms with E-state index in [2.05, 4.69) is 20.7 Å². The van der Waals surface area contributed by atoms with Gasteiger partial charge in [-0.05, 0) is 44.2 Å². The highest BCUT2D eigenvalue weighted by Gasteiger charge is 2.22. The maximum absolute atomic E-state index is 13.9. The van der Waals surface area contributed by atoms with Gasteiger partial charge in [-0.2, -0.15) is 5.10 Å². The zero-order valence-corrected chi connectivity index (χ0v) is 14.9. The number of nitrogens with zero attached hydrogens (tertiary/aromatic N) is 3. The van der Waals surface area contributed by atoms with E-state index in [4.69, 9.17) is 4.74 Å². The third kappa shape index (κ3) is 3.35. The highest BCUT2D eigenvalue weighted by molar-refractivity contribution is 5.98. The van der Waals surface area contributed by atoms with Gasteiger partial charge in [0.05, 0.1) is 35.6 Å². The van der Waals surface area contributed by atoms with Gasteiger partial charge in [0.15, 0.2) is 5.82 Å². The molecule has 2 aromatic heterocycles. The molecule has 1 atom stereocenters. The molecule has 1 aromatic carbocycles. The molecule has 0 saturated carbocycles. The van der Waals surface area contributed by atoms with Crippen LogP contribution in [0.25, 0.3) is 10.9 Å². The third-order valence-electron chi connectivity index (χ3n) is 4.62. The number of halogens is 1. The molecule has 27 heavy (non-hydrogen) atoms. The molecule has 140 valence electrons. The average molecular weight is 369 g/mol. The molecule has 0 bridgehead atoms. The van der Waals surface area contributed by atoms with Crippen molar-refractivity contribution in [1.82, 2.24) is 20.1 Å². The standard InChI is InChI=1S/C19H20FN5O2/c1-2-27-19(26)14-6-8-22-11-16(14)23-18-15-9-12(20)3-4-17(15)25(24-18)13-5-7-21-10-13/h3-4,6,8-9,11,13,21H,2,5,7,10H2,1H3,(H,23,24)/t13-/m0/s1. The van der Waals surface area contributed by atoms with Crippen LogP contribution in [0.2, 0.25) is 0 Å². The Morgan fingerprint density at radius 1 is 1.44 bits per heavy atom. The van der Waals surface area contributed by atoms with Gasteiger partial charge < -0.3 is 15.4 Å². The molecule has 2 N–H and O–H groups in total. The summed E-state index contributed by atoms with van der Waals surface area (Å²) in [6.07, 6.45) is 4.01. The lowest BCUT2D eigenvalue weighted by atomic mass is 10.2. The number of carbonyl (C=O) groups excluding carboxylic acids is 1. The summed E-state index contributed by atoms with van der Waals surface area (Å²) >= 11 is 0. The Bertz CT molecular complexity index is 981. The molecule has 0 amide bonds. The fourth-order valence-electron chi connectivity index (χ4n) is 3.34. The van der Waals surface area contributed by atoms with Crippen LogP contribution in [-0.4, -0.2) is 40.4 Å². The van der Waals surface area contributed by atoms with Gasteiger partial charge in [-0.25, -0.2) is 9.18 Å². The first-order valence-corrected chi connectivity index (χ1v) is 8.94. The molecule has 8 heteroatoms. The maximum atomic E-state index is 13.9. The van der Waals surface area contributed by atoms with Gasteiger partial charge in [-0.3, -0.25) is 9.67 Å². The topological polar surface area (TPSA) is 81.1 Å². The highest BCUT2D eigenvalue weighted by Crippen LogP contribution is 2.31. The molecule has 1 aliphatic heterocycles. The minimum absolute atomic E-state index is 0.201. The largest absolute Gasteiger partial charge is 0.462 e. The van der Waals surface area contributed by atoms with E-state index < -0.39 is 5.97 Å². The van der Waals surface area contributed by atoms with Crippen molar-refractivity contribution in [3.05, 3.63) is 48.0 Å². The number of ether oxygens (including phenoxy) is 1. The van der Waals surface area contributed by atoms with Crippen LogP contribution in [0.1, 0.15) is 29.7 Å². The molecule has 3 heterocycles. The molecule has 3 aromatic rings. The van der Waals surface area contributed by atoms with E-state index in [0.29, 0.717) is 22.5 Å². The summed E-state index contributed by atoms with van der Waals surface area (Å²) in [7, 11) is 0. The molecule has 7 nitrogen and oxygen atoms in total. The fourth-order valence-corrected chi connectivity index (χ4v) is 3.34. The first-order chi connectivity index (χ1) is 13.2. The predicted octanol–water partition coefficient (Wildman–Crippen LogP) is 3.03. The lowest BCUT2D eigenvalue weighted by Gasteiger charge is -2.10. The Labute approximate surface area is 155 Å². The van der Waals surface area contributed by atoms with Crippen LogP contribution in [0.15, 0.2) is 36.7 Å². The number of benzene rings is 1. The van der Waals surface area contributed by atoms with E-state index in [1.54, 1.807) is 19.1 Å². The van der Waals surface area contributed by atoms with Crippen molar-refractivity contribution >= 4 is 28.4 Å². The molecule has 0 spiro atoms. The molecule has 0 unspecified atom stereocenters. The highest BCUT2D eigenvalue weighted by atomic mass is 19.1. The summed E-state index contributed by atoms with van der Waals surface area (Å²) in [6, 6.07) is 6.40. The molecular weight excluding hydrogens is 349 g/mol. The number of pyridine rings is 1. The Hall–Kier alpha value is -3.00. The van der Waals surface area contributed by atoms with Gasteiger partial charge in [0.25, 0.3) is 0 Å². The summed E-state index contributed by atoms with van der Waals surface area (Å²) in [5.74, 6) is -0.307. The molecule has 1 saturated heterocycles. The molecule has 0 radical (unpaired) electrons. The van der Waals surface area contributed by atoms with Crippen LogP contribution < -0.4 is 10.6 Å². The number of anilines is 2. The number of fused-ring (bicyclic) bond motifs is 1. The monoisotopic (exact) mass is 369 g/mol. The summed E-state index contributed by atoms with van der Waals surface area (Å²) in [6.45, 7) is 3.76. The predicted molar refractivity (Wildman–Crippen MR) is 99.7 cm³/mol. The van der Waals surface area contributed by atoms with E-state index >= 15 is 0 Å².